The lowest BCUT2D eigenvalue weighted by Gasteiger charge is -2.11. The number of para-hydroxylation sites is 1. The first-order chi connectivity index (χ1) is 7.79. The van der Waals surface area contributed by atoms with Crippen molar-refractivity contribution in [1.29, 1.82) is 0 Å². The summed E-state index contributed by atoms with van der Waals surface area (Å²) < 4.78 is 0. The first-order valence-corrected chi connectivity index (χ1v) is 5.39. The molecular weight excluding hydrogens is 198 g/mol. The van der Waals surface area contributed by atoms with Crippen molar-refractivity contribution in [3.63, 3.8) is 0 Å². The molecule has 0 radical (unpaired) electrons. The van der Waals surface area contributed by atoms with Crippen LogP contribution in [-0.2, 0) is 0 Å². The zero-order valence-electron chi connectivity index (χ0n) is 9.35. The highest BCUT2D eigenvalue weighted by Gasteiger charge is 2.02. The molecule has 82 valence electrons. The van der Waals surface area contributed by atoms with Gasteiger partial charge in [-0.15, -0.1) is 6.58 Å². The Bertz CT molecular complexity index is 493. The number of nitrogens with zero attached hydrogens (tertiary/aromatic N) is 2. The van der Waals surface area contributed by atoms with E-state index in [9.17, 15) is 0 Å². The summed E-state index contributed by atoms with van der Waals surface area (Å²) in [6.45, 7) is 5.79. The molecule has 0 aliphatic carbocycles. The van der Waals surface area contributed by atoms with Gasteiger partial charge in [0.1, 0.15) is 0 Å². The average Bonchev–Trinajstić information content (AvgIpc) is 2.29. The Kier molecular flexibility index (Phi) is 3.15. The third-order valence-corrected chi connectivity index (χ3v) is 2.38. The number of aromatic nitrogens is 2. The molecule has 0 aliphatic rings. The number of anilines is 1. The Labute approximate surface area is 95.2 Å². The first kappa shape index (κ1) is 10.6. The van der Waals surface area contributed by atoms with E-state index in [1.165, 1.54) is 0 Å². The van der Waals surface area contributed by atoms with Crippen LogP contribution >= 0.6 is 0 Å². The molecule has 3 heteroatoms. The fourth-order valence-corrected chi connectivity index (χ4v) is 1.57. The van der Waals surface area contributed by atoms with Gasteiger partial charge in [0, 0.05) is 17.6 Å². The molecule has 3 nitrogen and oxygen atoms in total. The normalized spacial score (nSPS) is 12.3. The predicted octanol–water partition coefficient (Wildman–Crippen LogP) is 3.01. The average molecular weight is 213 g/mol. The van der Waals surface area contributed by atoms with Crippen LogP contribution in [0.3, 0.4) is 0 Å². The molecule has 1 aromatic heterocycles. The highest BCUT2D eigenvalue weighted by molar-refractivity contribution is 5.78. The lowest BCUT2D eigenvalue weighted by molar-refractivity contribution is 0.800. The van der Waals surface area contributed by atoms with Gasteiger partial charge in [-0.2, -0.15) is 0 Å². The van der Waals surface area contributed by atoms with Gasteiger partial charge in [0.15, 0.2) is 0 Å². The molecule has 0 fully saturated rings. The third kappa shape index (κ3) is 2.37. The van der Waals surface area contributed by atoms with Gasteiger partial charge in [-0.1, -0.05) is 24.3 Å². The molecule has 0 saturated heterocycles. The van der Waals surface area contributed by atoms with E-state index in [1.807, 2.05) is 36.5 Å². The van der Waals surface area contributed by atoms with Crippen LogP contribution in [0.15, 0.2) is 43.1 Å². The van der Waals surface area contributed by atoms with Gasteiger partial charge in [0.2, 0.25) is 5.95 Å². The molecule has 1 atom stereocenters. The summed E-state index contributed by atoms with van der Waals surface area (Å²) in [5, 5.41) is 4.30. The van der Waals surface area contributed by atoms with Crippen LogP contribution in [-0.4, -0.2) is 16.0 Å². The number of fused-ring (bicyclic) bond motifs is 1. The second kappa shape index (κ2) is 4.75. The van der Waals surface area contributed by atoms with E-state index >= 15 is 0 Å². The minimum absolute atomic E-state index is 0.304. The minimum atomic E-state index is 0.304. The molecule has 0 saturated carbocycles. The summed E-state index contributed by atoms with van der Waals surface area (Å²) in [6.07, 6.45) is 4.63. The predicted molar refractivity (Wildman–Crippen MR) is 67.4 cm³/mol. The largest absolute Gasteiger partial charge is 0.351 e. The Morgan fingerprint density at radius 1 is 1.44 bits per heavy atom. The fraction of sp³-hybridized carbons (Fsp3) is 0.231. The zero-order chi connectivity index (χ0) is 11.4. The number of benzene rings is 1. The maximum Gasteiger partial charge on any atom is 0.223 e. The Balaban J connectivity index is 2.22. The monoisotopic (exact) mass is 213 g/mol. The summed E-state index contributed by atoms with van der Waals surface area (Å²) in [7, 11) is 0. The Hall–Kier alpha value is -1.90. The second-order valence-electron chi connectivity index (χ2n) is 3.82. The summed E-state index contributed by atoms with van der Waals surface area (Å²) in [5.41, 5.74) is 0.964. The van der Waals surface area contributed by atoms with E-state index in [-0.39, 0.29) is 0 Å². The molecule has 0 amide bonds. The number of hydrogen-bond donors (Lipinski definition) is 1. The van der Waals surface area contributed by atoms with E-state index in [0.717, 1.165) is 17.3 Å². The summed E-state index contributed by atoms with van der Waals surface area (Å²) >= 11 is 0. The fourth-order valence-electron chi connectivity index (χ4n) is 1.57. The van der Waals surface area contributed by atoms with Crippen LogP contribution in [0.25, 0.3) is 10.9 Å². The van der Waals surface area contributed by atoms with Gasteiger partial charge in [-0.05, 0) is 19.4 Å². The van der Waals surface area contributed by atoms with Crippen LogP contribution in [0, 0.1) is 0 Å². The van der Waals surface area contributed by atoms with Gasteiger partial charge in [0.25, 0.3) is 0 Å². The smallest absolute Gasteiger partial charge is 0.223 e. The topological polar surface area (TPSA) is 37.8 Å². The van der Waals surface area contributed by atoms with Crippen LogP contribution in [0.2, 0.25) is 0 Å². The van der Waals surface area contributed by atoms with Gasteiger partial charge >= 0.3 is 0 Å². The quantitative estimate of drug-likeness (QED) is 0.793. The van der Waals surface area contributed by atoms with Gasteiger partial charge in [-0.3, -0.25) is 0 Å². The van der Waals surface area contributed by atoms with Crippen LogP contribution < -0.4 is 5.32 Å². The number of hydrogen-bond acceptors (Lipinski definition) is 3. The molecule has 1 unspecified atom stereocenters. The van der Waals surface area contributed by atoms with E-state index < -0.39 is 0 Å². The Morgan fingerprint density at radius 3 is 3.06 bits per heavy atom. The molecule has 2 aromatic rings. The van der Waals surface area contributed by atoms with Crippen molar-refractivity contribution >= 4 is 16.9 Å². The van der Waals surface area contributed by atoms with Gasteiger partial charge in [-0.25, -0.2) is 9.97 Å². The standard InChI is InChI=1S/C13H15N3/c1-3-6-10(2)15-13-14-9-11-7-4-5-8-12(11)16-13/h3-5,7-10H,1,6H2,2H3,(H,14,15,16). The number of nitrogens with one attached hydrogen (secondary N) is 1. The summed E-state index contributed by atoms with van der Waals surface area (Å²) in [6, 6.07) is 8.26. The maximum atomic E-state index is 4.44. The Morgan fingerprint density at radius 2 is 2.25 bits per heavy atom. The number of rotatable bonds is 4. The van der Waals surface area contributed by atoms with E-state index in [4.69, 9.17) is 0 Å². The first-order valence-electron chi connectivity index (χ1n) is 5.39. The SMILES string of the molecule is C=CCC(C)Nc1ncc2ccccc2n1. The van der Waals surface area contributed by atoms with E-state index in [0.29, 0.717) is 12.0 Å². The molecule has 1 N–H and O–H groups in total. The van der Waals surface area contributed by atoms with Crippen molar-refractivity contribution in [2.45, 2.75) is 19.4 Å². The molecule has 1 heterocycles. The van der Waals surface area contributed by atoms with Crippen LogP contribution in [0.5, 0.6) is 0 Å². The van der Waals surface area contributed by atoms with Crippen molar-refractivity contribution < 1.29 is 0 Å². The molecule has 1 aromatic carbocycles. The molecule has 0 aliphatic heterocycles. The summed E-state index contributed by atoms with van der Waals surface area (Å²) in [4.78, 5) is 8.71. The summed E-state index contributed by atoms with van der Waals surface area (Å²) in [5.74, 6) is 0.674. The van der Waals surface area contributed by atoms with Crippen LogP contribution in [0.4, 0.5) is 5.95 Å². The van der Waals surface area contributed by atoms with Gasteiger partial charge < -0.3 is 5.32 Å². The van der Waals surface area contributed by atoms with Crippen molar-refractivity contribution in [2.24, 2.45) is 0 Å². The third-order valence-electron chi connectivity index (χ3n) is 2.38. The van der Waals surface area contributed by atoms with E-state index in [1.54, 1.807) is 0 Å². The van der Waals surface area contributed by atoms with Crippen molar-refractivity contribution in [1.82, 2.24) is 9.97 Å². The molecule has 2 rings (SSSR count). The molecular formula is C13H15N3. The van der Waals surface area contributed by atoms with Crippen molar-refractivity contribution in [3.05, 3.63) is 43.1 Å². The van der Waals surface area contributed by atoms with E-state index in [2.05, 4.69) is 28.8 Å². The molecule has 0 spiro atoms. The minimum Gasteiger partial charge on any atom is -0.351 e. The van der Waals surface area contributed by atoms with Gasteiger partial charge in [0.05, 0.1) is 5.52 Å². The molecule has 16 heavy (non-hydrogen) atoms. The lowest BCUT2D eigenvalue weighted by atomic mass is 10.2. The lowest BCUT2D eigenvalue weighted by Crippen LogP contribution is -2.15. The van der Waals surface area contributed by atoms with Crippen LogP contribution in [0.1, 0.15) is 13.3 Å². The second-order valence-corrected chi connectivity index (χ2v) is 3.82. The highest BCUT2D eigenvalue weighted by atomic mass is 15.1. The molecule has 0 bridgehead atoms. The maximum absolute atomic E-state index is 4.44. The van der Waals surface area contributed by atoms with Crippen molar-refractivity contribution in [3.8, 4) is 0 Å². The zero-order valence-corrected chi connectivity index (χ0v) is 9.35. The van der Waals surface area contributed by atoms with Crippen molar-refractivity contribution in [2.75, 3.05) is 5.32 Å². The highest BCUT2D eigenvalue weighted by Crippen LogP contribution is 2.12.